The molecule has 4 heteroatoms. The van der Waals surface area contributed by atoms with Gasteiger partial charge in [0.1, 0.15) is 16.9 Å². The van der Waals surface area contributed by atoms with Gasteiger partial charge in [-0.05, 0) is 12.1 Å². The molecule has 0 aliphatic heterocycles. The molecule has 0 aliphatic carbocycles. The highest BCUT2D eigenvalue weighted by molar-refractivity contribution is 6.29. The largest absolute Gasteiger partial charge is 0.334 e. The maximum Gasteiger partial charge on any atom is 0.129 e. The third-order valence-corrected chi connectivity index (χ3v) is 2.19. The summed E-state index contributed by atoms with van der Waals surface area (Å²) in [6.45, 7) is 0. The van der Waals surface area contributed by atoms with E-state index in [1.165, 1.54) is 0 Å². The molecule has 13 heavy (non-hydrogen) atoms. The van der Waals surface area contributed by atoms with Gasteiger partial charge in [0.2, 0.25) is 0 Å². The molecule has 2 rings (SSSR count). The van der Waals surface area contributed by atoms with Crippen LogP contribution in [0.5, 0.6) is 0 Å². The molecule has 0 N–H and O–H groups in total. The Balaban J connectivity index is 2.86. The normalized spacial score (nSPS) is 10.2. The van der Waals surface area contributed by atoms with Crippen LogP contribution in [0.2, 0.25) is 5.15 Å². The molecule has 2 aromatic rings. The molecule has 0 unspecified atom stereocenters. The highest BCUT2D eigenvalue weighted by atomic mass is 35.5. The first-order valence-corrected chi connectivity index (χ1v) is 4.12. The minimum Gasteiger partial charge on any atom is -0.334 e. The number of halogens is 1. The number of aryl methyl sites for hydroxylation is 1. The minimum atomic E-state index is 0.447. The van der Waals surface area contributed by atoms with Crippen LogP contribution in [0, 0.1) is 11.3 Å². The maximum absolute atomic E-state index is 8.76. The van der Waals surface area contributed by atoms with Crippen molar-refractivity contribution < 1.29 is 0 Å². The molecule has 2 heterocycles. The summed E-state index contributed by atoms with van der Waals surface area (Å²) in [4.78, 5) is 4.10. The van der Waals surface area contributed by atoms with Crippen molar-refractivity contribution in [2.75, 3.05) is 0 Å². The first-order valence-electron chi connectivity index (χ1n) is 3.74. The van der Waals surface area contributed by atoms with E-state index in [4.69, 9.17) is 16.9 Å². The Hall–Kier alpha value is -1.53. The third kappa shape index (κ3) is 1.16. The Morgan fingerprint density at radius 2 is 2.31 bits per heavy atom. The Kier molecular flexibility index (Phi) is 1.71. The smallest absolute Gasteiger partial charge is 0.129 e. The van der Waals surface area contributed by atoms with Gasteiger partial charge in [-0.3, -0.25) is 0 Å². The molecule has 3 nitrogen and oxygen atoms in total. The van der Waals surface area contributed by atoms with Crippen molar-refractivity contribution in [1.82, 2.24) is 9.55 Å². The lowest BCUT2D eigenvalue weighted by molar-refractivity contribution is 0.946. The van der Waals surface area contributed by atoms with Gasteiger partial charge in [-0.1, -0.05) is 11.6 Å². The number of rotatable bonds is 0. The van der Waals surface area contributed by atoms with E-state index in [0.29, 0.717) is 10.8 Å². The van der Waals surface area contributed by atoms with E-state index in [1.54, 1.807) is 16.7 Å². The molecule has 0 aliphatic rings. The number of nitrogens with zero attached hydrogens (tertiary/aromatic N) is 3. The molecule has 0 saturated heterocycles. The quantitative estimate of drug-likeness (QED) is 0.599. The van der Waals surface area contributed by atoms with Gasteiger partial charge in [0.15, 0.2) is 0 Å². The number of hydrogen-bond acceptors (Lipinski definition) is 2. The zero-order valence-electron chi connectivity index (χ0n) is 6.95. The van der Waals surface area contributed by atoms with Crippen molar-refractivity contribution in [3.63, 3.8) is 0 Å². The SMILES string of the molecule is Cn1c(C#N)cc2nc(Cl)ccc21. The van der Waals surface area contributed by atoms with Crippen LogP contribution in [0.25, 0.3) is 11.0 Å². The van der Waals surface area contributed by atoms with Crippen LogP contribution in [0.15, 0.2) is 18.2 Å². The molecule has 0 saturated carbocycles. The highest BCUT2D eigenvalue weighted by Crippen LogP contribution is 2.18. The molecular formula is C9H6ClN3. The topological polar surface area (TPSA) is 41.6 Å². The van der Waals surface area contributed by atoms with Gasteiger partial charge < -0.3 is 4.57 Å². The van der Waals surface area contributed by atoms with Crippen LogP contribution in [-0.4, -0.2) is 9.55 Å². The summed E-state index contributed by atoms with van der Waals surface area (Å²) in [6.07, 6.45) is 0. The van der Waals surface area contributed by atoms with Gasteiger partial charge in [-0.2, -0.15) is 5.26 Å². The number of pyridine rings is 1. The fraction of sp³-hybridized carbons (Fsp3) is 0.111. The van der Waals surface area contributed by atoms with Crippen molar-refractivity contribution in [1.29, 1.82) is 5.26 Å². The van der Waals surface area contributed by atoms with E-state index in [-0.39, 0.29) is 0 Å². The van der Waals surface area contributed by atoms with Crippen molar-refractivity contribution in [3.05, 3.63) is 29.0 Å². The van der Waals surface area contributed by atoms with Gasteiger partial charge in [-0.15, -0.1) is 0 Å². The second-order valence-corrected chi connectivity index (χ2v) is 3.13. The predicted octanol–water partition coefficient (Wildman–Crippen LogP) is 2.10. The average Bonchev–Trinajstić information content (AvgIpc) is 2.42. The fourth-order valence-corrected chi connectivity index (χ4v) is 1.45. The van der Waals surface area contributed by atoms with Crippen LogP contribution >= 0.6 is 11.6 Å². The summed E-state index contributed by atoms with van der Waals surface area (Å²) >= 11 is 5.72. The van der Waals surface area contributed by atoms with E-state index in [0.717, 1.165) is 11.0 Å². The average molecular weight is 192 g/mol. The standard InChI is InChI=1S/C9H6ClN3/c1-13-6(5-11)4-7-8(13)2-3-9(10)12-7/h2-4H,1H3. The minimum absolute atomic E-state index is 0.447. The van der Waals surface area contributed by atoms with Crippen LogP contribution in [0.1, 0.15) is 5.69 Å². The Morgan fingerprint density at radius 1 is 1.54 bits per heavy atom. The number of aromatic nitrogens is 2. The molecule has 0 bridgehead atoms. The summed E-state index contributed by atoms with van der Waals surface area (Å²) in [5.41, 5.74) is 2.26. The molecular weight excluding hydrogens is 186 g/mol. The fourth-order valence-electron chi connectivity index (χ4n) is 1.30. The Bertz CT molecular complexity index is 507. The summed E-state index contributed by atoms with van der Waals surface area (Å²) < 4.78 is 1.79. The number of hydrogen-bond donors (Lipinski definition) is 0. The maximum atomic E-state index is 8.76. The monoisotopic (exact) mass is 191 g/mol. The lowest BCUT2D eigenvalue weighted by Crippen LogP contribution is -1.90. The van der Waals surface area contributed by atoms with Crippen molar-refractivity contribution >= 4 is 22.6 Å². The zero-order chi connectivity index (χ0) is 9.42. The van der Waals surface area contributed by atoms with Gasteiger partial charge in [0.05, 0.1) is 11.0 Å². The second kappa shape index (κ2) is 2.75. The van der Waals surface area contributed by atoms with Gasteiger partial charge in [0.25, 0.3) is 0 Å². The molecule has 2 aromatic heterocycles. The summed E-state index contributed by atoms with van der Waals surface area (Å²) in [5, 5.41) is 9.20. The summed E-state index contributed by atoms with van der Waals surface area (Å²) in [6, 6.07) is 7.37. The Morgan fingerprint density at radius 3 is 3.00 bits per heavy atom. The number of fused-ring (bicyclic) bond motifs is 1. The van der Waals surface area contributed by atoms with Crippen LogP contribution < -0.4 is 0 Å². The second-order valence-electron chi connectivity index (χ2n) is 2.74. The lowest BCUT2D eigenvalue weighted by Gasteiger charge is -1.95. The van der Waals surface area contributed by atoms with Crippen LogP contribution in [0.3, 0.4) is 0 Å². The van der Waals surface area contributed by atoms with E-state index in [1.807, 2.05) is 13.1 Å². The van der Waals surface area contributed by atoms with Crippen LogP contribution in [0.4, 0.5) is 0 Å². The first-order chi connectivity index (χ1) is 6.22. The zero-order valence-corrected chi connectivity index (χ0v) is 7.71. The molecule has 0 atom stereocenters. The molecule has 0 aromatic carbocycles. The number of nitriles is 1. The van der Waals surface area contributed by atoms with Gasteiger partial charge in [-0.25, -0.2) is 4.98 Å². The highest BCUT2D eigenvalue weighted by Gasteiger charge is 2.05. The van der Waals surface area contributed by atoms with E-state index < -0.39 is 0 Å². The third-order valence-electron chi connectivity index (χ3n) is 1.98. The molecule has 0 fully saturated rings. The van der Waals surface area contributed by atoms with E-state index >= 15 is 0 Å². The molecule has 0 amide bonds. The van der Waals surface area contributed by atoms with Gasteiger partial charge >= 0.3 is 0 Å². The summed E-state index contributed by atoms with van der Waals surface area (Å²) in [7, 11) is 1.83. The van der Waals surface area contributed by atoms with Crippen molar-refractivity contribution in [2.45, 2.75) is 0 Å². The molecule has 64 valence electrons. The van der Waals surface area contributed by atoms with Gasteiger partial charge in [0, 0.05) is 13.1 Å². The molecule has 0 radical (unpaired) electrons. The Labute approximate surface area is 80.2 Å². The van der Waals surface area contributed by atoms with E-state index in [9.17, 15) is 0 Å². The molecule has 0 spiro atoms. The lowest BCUT2D eigenvalue weighted by atomic mass is 10.4. The first kappa shape index (κ1) is 8.09. The van der Waals surface area contributed by atoms with E-state index in [2.05, 4.69) is 11.1 Å². The van der Waals surface area contributed by atoms with Crippen molar-refractivity contribution in [2.24, 2.45) is 7.05 Å². The summed E-state index contributed by atoms with van der Waals surface area (Å²) in [5.74, 6) is 0. The van der Waals surface area contributed by atoms with Crippen LogP contribution in [-0.2, 0) is 7.05 Å². The predicted molar refractivity (Wildman–Crippen MR) is 50.4 cm³/mol. The van der Waals surface area contributed by atoms with Crippen molar-refractivity contribution in [3.8, 4) is 6.07 Å².